The molecule has 4 N–H and O–H groups in total. The van der Waals surface area contributed by atoms with E-state index >= 15 is 0 Å². The Morgan fingerprint density at radius 2 is 2.16 bits per heavy atom. The Balaban J connectivity index is 2.62. The number of nitrogens with one attached hydrogen (secondary N) is 1. The number of aromatic nitrogens is 2. The number of nitrogen functional groups attached to an aromatic ring is 1. The van der Waals surface area contributed by atoms with E-state index in [2.05, 4.69) is 10.4 Å². The molecule has 0 spiro atoms. The molecule has 19 heavy (non-hydrogen) atoms. The van der Waals surface area contributed by atoms with Crippen LogP contribution in [-0.4, -0.2) is 32.8 Å². The zero-order valence-corrected chi connectivity index (χ0v) is 11.4. The van der Waals surface area contributed by atoms with Crippen LogP contribution in [0.15, 0.2) is 6.07 Å². The van der Waals surface area contributed by atoms with Crippen LogP contribution >= 0.6 is 0 Å². The highest BCUT2D eigenvalue weighted by Crippen LogP contribution is 2.08. The number of nitrogens with zero attached hydrogens (tertiary/aromatic N) is 2. The maximum Gasteiger partial charge on any atom is 0.305 e. The molecule has 1 aromatic heterocycles. The Morgan fingerprint density at radius 3 is 2.58 bits per heavy atom. The zero-order valence-electron chi connectivity index (χ0n) is 11.4. The molecule has 0 bridgehead atoms. The predicted molar refractivity (Wildman–Crippen MR) is 70.4 cm³/mol. The fourth-order valence-electron chi connectivity index (χ4n) is 1.72. The number of amides is 1. The fourth-order valence-corrected chi connectivity index (χ4v) is 1.72. The smallest absolute Gasteiger partial charge is 0.305 e. The highest BCUT2D eigenvalue weighted by Gasteiger charge is 2.20. The molecule has 0 saturated carbocycles. The summed E-state index contributed by atoms with van der Waals surface area (Å²) in [6.07, 6.45) is -0.100. The van der Waals surface area contributed by atoms with Crippen molar-refractivity contribution in [2.75, 3.05) is 5.73 Å². The Kier molecular flexibility index (Phi) is 4.91. The van der Waals surface area contributed by atoms with Crippen LogP contribution in [0, 0.1) is 12.8 Å². The summed E-state index contributed by atoms with van der Waals surface area (Å²) in [5.74, 6) is -0.785. The van der Waals surface area contributed by atoms with Gasteiger partial charge >= 0.3 is 5.97 Å². The Bertz CT molecular complexity index is 468. The van der Waals surface area contributed by atoms with E-state index in [0.29, 0.717) is 5.82 Å². The van der Waals surface area contributed by atoms with Crippen molar-refractivity contribution >= 4 is 17.7 Å². The van der Waals surface area contributed by atoms with E-state index in [4.69, 9.17) is 10.8 Å². The molecule has 0 aliphatic carbocycles. The number of carbonyl (C=O) groups is 2. The van der Waals surface area contributed by atoms with Crippen LogP contribution in [-0.2, 0) is 16.1 Å². The number of rotatable bonds is 6. The van der Waals surface area contributed by atoms with Crippen molar-refractivity contribution < 1.29 is 14.7 Å². The number of nitrogens with two attached hydrogens (primary N) is 1. The maximum absolute atomic E-state index is 11.8. The summed E-state index contributed by atoms with van der Waals surface area (Å²) in [7, 11) is 0. The minimum atomic E-state index is -0.937. The first kappa shape index (κ1) is 15.0. The van der Waals surface area contributed by atoms with Gasteiger partial charge in [0.15, 0.2) is 0 Å². The third kappa shape index (κ3) is 4.61. The molecule has 1 atom stereocenters. The van der Waals surface area contributed by atoms with E-state index in [-0.39, 0.29) is 24.8 Å². The van der Waals surface area contributed by atoms with Gasteiger partial charge in [-0.3, -0.25) is 9.59 Å². The van der Waals surface area contributed by atoms with Gasteiger partial charge < -0.3 is 16.2 Å². The van der Waals surface area contributed by atoms with Gasteiger partial charge in [-0.05, 0) is 12.8 Å². The number of hydrogen-bond donors (Lipinski definition) is 3. The minimum Gasteiger partial charge on any atom is -0.481 e. The van der Waals surface area contributed by atoms with Crippen LogP contribution in [0.4, 0.5) is 5.82 Å². The lowest BCUT2D eigenvalue weighted by Gasteiger charge is -2.20. The van der Waals surface area contributed by atoms with Crippen molar-refractivity contribution in [3.05, 3.63) is 11.8 Å². The van der Waals surface area contributed by atoms with E-state index in [1.165, 1.54) is 4.68 Å². The Hall–Kier alpha value is -2.05. The van der Waals surface area contributed by atoms with Gasteiger partial charge in [-0.2, -0.15) is 5.10 Å². The standard InChI is InChI=1S/C12H20N4O3/c1-7(2)9(5-12(18)19)14-11(17)6-16-10(13)4-8(3)15-16/h4,7,9H,5-6,13H2,1-3H3,(H,14,17)(H,18,19). The number of anilines is 1. The molecular formula is C12H20N4O3. The molecule has 7 heteroatoms. The number of carboxylic acid groups (broad SMARTS) is 1. The molecule has 0 aromatic carbocycles. The van der Waals surface area contributed by atoms with Crippen molar-refractivity contribution in [1.29, 1.82) is 0 Å². The first-order valence-corrected chi connectivity index (χ1v) is 6.10. The summed E-state index contributed by atoms with van der Waals surface area (Å²) in [6.45, 7) is 5.50. The second-order valence-electron chi connectivity index (χ2n) is 4.88. The van der Waals surface area contributed by atoms with E-state index in [9.17, 15) is 9.59 Å². The first-order chi connectivity index (χ1) is 8.79. The lowest BCUT2D eigenvalue weighted by molar-refractivity contribution is -0.138. The molecule has 1 rings (SSSR count). The largest absolute Gasteiger partial charge is 0.481 e. The molecule has 0 aliphatic rings. The molecule has 0 radical (unpaired) electrons. The summed E-state index contributed by atoms with van der Waals surface area (Å²) in [5.41, 5.74) is 6.42. The molecule has 1 aromatic rings. The highest BCUT2D eigenvalue weighted by molar-refractivity contribution is 5.77. The number of aliphatic carboxylic acids is 1. The van der Waals surface area contributed by atoms with Crippen molar-refractivity contribution in [1.82, 2.24) is 15.1 Å². The third-order valence-electron chi connectivity index (χ3n) is 2.77. The number of carboxylic acids is 1. The van der Waals surface area contributed by atoms with E-state index < -0.39 is 12.0 Å². The SMILES string of the molecule is Cc1cc(N)n(CC(=O)NC(CC(=O)O)C(C)C)n1. The van der Waals surface area contributed by atoms with Gasteiger partial charge in [0, 0.05) is 12.1 Å². The molecule has 1 amide bonds. The molecule has 7 nitrogen and oxygen atoms in total. The summed E-state index contributed by atoms with van der Waals surface area (Å²) < 4.78 is 1.39. The lowest BCUT2D eigenvalue weighted by atomic mass is 10.0. The second kappa shape index (κ2) is 6.21. The van der Waals surface area contributed by atoms with Gasteiger partial charge in [0.1, 0.15) is 12.4 Å². The van der Waals surface area contributed by atoms with E-state index in [0.717, 1.165) is 5.69 Å². The highest BCUT2D eigenvalue weighted by atomic mass is 16.4. The quantitative estimate of drug-likeness (QED) is 0.691. The van der Waals surface area contributed by atoms with Gasteiger partial charge in [0.05, 0.1) is 12.1 Å². The van der Waals surface area contributed by atoms with Gasteiger partial charge in [-0.1, -0.05) is 13.8 Å². The van der Waals surface area contributed by atoms with E-state index in [1.54, 1.807) is 13.0 Å². The fraction of sp³-hybridized carbons (Fsp3) is 0.583. The van der Waals surface area contributed by atoms with Crippen LogP contribution in [0.25, 0.3) is 0 Å². The van der Waals surface area contributed by atoms with Crippen molar-refractivity contribution in [2.24, 2.45) is 5.92 Å². The molecule has 1 heterocycles. The second-order valence-corrected chi connectivity index (χ2v) is 4.88. The van der Waals surface area contributed by atoms with Gasteiger partial charge in [-0.15, -0.1) is 0 Å². The average Bonchev–Trinajstić information content (AvgIpc) is 2.55. The minimum absolute atomic E-state index is 0.0114. The Labute approximate surface area is 111 Å². The monoisotopic (exact) mass is 268 g/mol. The molecule has 1 unspecified atom stereocenters. The molecule has 0 fully saturated rings. The summed E-state index contributed by atoms with van der Waals surface area (Å²) in [4.78, 5) is 22.6. The number of hydrogen-bond acceptors (Lipinski definition) is 4. The maximum atomic E-state index is 11.8. The molecule has 106 valence electrons. The number of aryl methyl sites for hydroxylation is 1. The van der Waals surface area contributed by atoms with Crippen LogP contribution in [0.5, 0.6) is 0 Å². The Morgan fingerprint density at radius 1 is 1.53 bits per heavy atom. The molecular weight excluding hydrogens is 248 g/mol. The molecule has 0 saturated heterocycles. The molecule has 0 aliphatic heterocycles. The first-order valence-electron chi connectivity index (χ1n) is 6.10. The zero-order chi connectivity index (χ0) is 14.6. The predicted octanol–water partition coefficient (Wildman–Crippen LogP) is 0.389. The van der Waals surface area contributed by atoms with Gasteiger partial charge in [0.25, 0.3) is 0 Å². The lowest BCUT2D eigenvalue weighted by Crippen LogP contribution is -2.41. The summed E-state index contributed by atoms with van der Waals surface area (Å²) >= 11 is 0. The van der Waals surface area contributed by atoms with Crippen molar-refractivity contribution in [2.45, 2.75) is 39.8 Å². The van der Waals surface area contributed by atoms with Crippen LogP contribution < -0.4 is 11.1 Å². The summed E-state index contributed by atoms with van der Waals surface area (Å²) in [6, 6.07) is 1.27. The topological polar surface area (TPSA) is 110 Å². The van der Waals surface area contributed by atoms with Gasteiger partial charge in [0.2, 0.25) is 5.91 Å². The average molecular weight is 268 g/mol. The normalized spacial score (nSPS) is 12.4. The van der Waals surface area contributed by atoms with Crippen LogP contribution in [0.2, 0.25) is 0 Å². The summed E-state index contributed by atoms with van der Waals surface area (Å²) in [5, 5.41) is 15.6. The van der Waals surface area contributed by atoms with Crippen molar-refractivity contribution in [3.63, 3.8) is 0 Å². The van der Waals surface area contributed by atoms with Crippen molar-refractivity contribution in [3.8, 4) is 0 Å². The van der Waals surface area contributed by atoms with Crippen LogP contribution in [0.3, 0.4) is 0 Å². The third-order valence-corrected chi connectivity index (χ3v) is 2.77. The van der Waals surface area contributed by atoms with E-state index in [1.807, 2.05) is 13.8 Å². The number of carbonyl (C=O) groups excluding carboxylic acids is 1. The van der Waals surface area contributed by atoms with Gasteiger partial charge in [-0.25, -0.2) is 4.68 Å². The van der Waals surface area contributed by atoms with Crippen LogP contribution in [0.1, 0.15) is 26.0 Å².